The second-order valence-corrected chi connectivity index (χ2v) is 7.65. The molecule has 34 heavy (non-hydrogen) atoms. The van der Waals surface area contributed by atoms with Gasteiger partial charge in [-0.25, -0.2) is 0 Å². The molecule has 0 radical (unpaired) electrons. The van der Waals surface area contributed by atoms with Crippen molar-refractivity contribution in [1.29, 1.82) is 5.26 Å². The molecule has 0 saturated carbocycles. The van der Waals surface area contributed by atoms with E-state index in [1.165, 1.54) is 21.3 Å². The highest BCUT2D eigenvalue weighted by Crippen LogP contribution is 2.46. The first-order valence-electron chi connectivity index (χ1n) is 10.4. The minimum Gasteiger partial charge on any atom is -0.496 e. The first-order valence-corrected chi connectivity index (χ1v) is 10.4. The fourth-order valence-corrected chi connectivity index (χ4v) is 4.13. The van der Waals surface area contributed by atoms with Crippen LogP contribution in [-0.4, -0.2) is 30.9 Å². The lowest BCUT2D eigenvalue weighted by Crippen LogP contribution is -2.33. The molecular weight excluding hydrogens is 436 g/mol. The second-order valence-electron chi connectivity index (χ2n) is 7.65. The van der Waals surface area contributed by atoms with Gasteiger partial charge in [0.25, 0.3) is 5.56 Å². The molecular formula is C25H24N4O5. The molecule has 9 heteroatoms. The average molecular weight is 460 g/mol. The van der Waals surface area contributed by atoms with E-state index in [2.05, 4.69) is 11.1 Å². The predicted molar refractivity (Wildman–Crippen MR) is 124 cm³/mol. The van der Waals surface area contributed by atoms with E-state index in [1.807, 2.05) is 18.2 Å². The van der Waals surface area contributed by atoms with Crippen molar-refractivity contribution < 1.29 is 18.9 Å². The maximum absolute atomic E-state index is 13.9. The average Bonchev–Trinajstić information content (AvgIpc) is 2.85. The van der Waals surface area contributed by atoms with Crippen LogP contribution in [0.3, 0.4) is 0 Å². The van der Waals surface area contributed by atoms with Gasteiger partial charge in [0, 0.05) is 29.6 Å². The number of hydrogen-bond donors (Lipinski definition) is 1. The number of aromatic nitrogens is 2. The van der Waals surface area contributed by atoms with Gasteiger partial charge in [-0.2, -0.15) is 5.26 Å². The molecule has 0 fully saturated rings. The van der Waals surface area contributed by atoms with Crippen LogP contribution in [-0.2, 0) is 6.54 Å². The normalized spacial score (nSPS) is 14.6. The summed E-state index contributed by atoms with van der Waals surface area (Å²) in [7, 11) is 4.52. The number of methoxy groups -OCH3 is 3. The van der Waals surface area contributed by atoms with Crippen LogP contribution in [0.15, 0.2) is 58.8 Å². The topological polar surface area (TPSA) is 122 Å². The Morgan fingerprint density at radius 1 is 1.12 bits per heavy atom. The number of nitrogens with two attached hydrogens (primary N) is 1. The van der Waals surface area contributed by atoms with Crippen LogP contribution < -0.4 is 30.2 Å². The highest BCUT2D eigenvalue weighted by atomic mass is 16.5. The van der Waals surface area contributed by atoms with Gasteiger partial charge in [0.05, 0.1) is 45.0 Å². The molecule has 174 valence electrons. The molecule has 1 aliphatic rings. The van der Waals surface area contributed by atoms with Gasteiger partial charge in [0.1, 0.15) is 23.1 Å². The molecule has 4 rings (SSSR count). The molecule has 2 aromatic heterocycles. The van der Waals surface area contributed by atoms with Crippen molar-refractivity contribution in [3.63, 3.8) is 0 Å². The number of aryl methyl sites for hydroxylation is 1. The van der Waals surface area contributed by atoms with Gasteiger partial charge in [-0.3, -0.25) is 9.78 Å². The third-order valence-corrected chi connectivity index (χ3v) is 5.78. The smallest absolute Gasteiger partial charge is 0.259 e. The summed E-state index contributed by atoms with van der Waals surface area (Å²) >= 11 is 0. The van der Waals surface area contributed by atoms with Crippen molar-refractivity contribution in [2.75, 3.05) is 21.3 Å². The van der Waals surface area contributed by atoms with Crippen molar-refractivity contribution in [2.24, 2.45) is 5.73 Å². The molecule has 9 nitrogen and oxygen atoms in total. The minimum absolute atomic E-state index is 0.0712. The lowest BCUT2D eigenvalue weighted by atomic mass is 9.83. The number of ether oxygens (including phenoxy) is 4. The standard InChI is InChI=1S/C25H24N4O5/c1-14-9-21-23(25(30)29(14)13-15-7-5-6-8-28-15)22(17(12-26)24(27)34-21)16-10-19(32-3)20(33-4)11-18(16)31-2/h5-11,22H,13,27H2,1-4H3. The number of allylic oxidation sites excluding steroid dienone is 1. The van der Waals surface area contributed by atoms with E-state index in [0.29, 0.717) is 28.5 Å². The predicted octanol–water partition coefficient (Wildman–Crippen LogP) is 2.84. The number of hydrogen-bond acceptors (Lipinski definition) is 8. The van der Waals surface area contributed by atoms with Crippen molar-refractivity contribution in [3.05, 3.63) is 86.9 Å². The number of benzene rings is 1. The fourth-order valence-electron chi connectivity index (χ4n) is 4.13. The highest BCUT2D eigenvalue weighted by Gasteiger charge is 2.36. The third kappa shape index (κ3) is 3.79. The SMILES string of the molecule is COc1cc(OC)c(C2C(C#N)=C(N)Oc3cc(C)n(Cc4ccccn4)c(=O)c32)cc1OC. The zero-order valence-corrected chi connectivity index (χ0v) is 19.3. The van der Waals surface area contributed by atoms with Gasteiger partial charge in [-0.1, -0.05) is 6.07 Å². The van der Waals surface area contributed by atoms with Gasteiger partial charge in [0.15, 0.2) is 11.5 Å². The summed E-state index contributed by atoms with van der Waals surface area (Å²) in [6, 6.07) is 12.7. The number of rotatable bonds is 6. The van der Waals surface area contributed by atoms with Gasteiger partial charge in [-0.05, 0) is 25.1 Å². The van der Waals surface area contributed by atoms with Gasteiger partial charge < -0.3 is 29.2 Å². The van der Waals surface area contributed by atoms with E-state index in [9.17, 15) is 10.1 Å². The number of nitrogens with zero attached hydrogens (tertiary/aromatic N) is 3. The van der Waals surface area contributed by atoms with Crippen LogP contribution in [0.5, 0.6) is 23.0 Å². The third-order valence-electron chi connectivity index (χ3n) is 5.78. The summed E-state index contributed by atoms with van der Waals surface area (Å²) in [5.74, 6) is 0.653. The molecule has 0 amide bonds. The van der Waals surface area contributed by atoms with Crippen LogP contribution in [0.2, 0.25) is 0 Å². The number of nitriles is 1. The lowest BCUT2D eigenvalue weighted by Gasteiger charge is -2.28. The highest BCUT2D eigenvalue weighted by molar-refractivity contribution is 5.61. The van der Waals surface area contributed by atoms with Crippen molar-refractivity contribution in [3.8, 4) is 29.1 Å². The molecule has 1 atom stereocenters. The summed E-state index contributed by atoms with van der Waals surface area (Å²) in [4.78, 5) is 18.2. The van der Waals surface area contributed by atoms with Gasteiger partial charge in [0.2, 0.25) is 5.88 Å². The quantitative estimate of drug-likeness (QED) is 0.596. The Hall–Kier alpha value is -4.45. The van der Waals surface area contributed by atoms with Crippen LogP contribution in [0, 0.1) is 18.3 Å². The van der Waals surface area contributed by atoms with E-state index in [0.717, 1.165) is 5.69 Å². The lowest BCUT2D eigenvalue weighted by molar-refractivity contribution is 0.346. The summed E-state index contributed by atoms with van der Waals surface area (Å²) in [6.07, 6.45) is 1.67. The van der Waals surface area contributed by atoms with E-state index in [1.54, 1.807) is 35.9 Å². The Morgan fingerprint density at radius 2 is 1.82 bits per heavy atom. The monoisotopic (exact) mass is 460 g/mol. The molecule has 2 N–H and O–H groups in total. The molecule has 1 unspecified atom stereocenters. The molecule has 0 saturated heterocycles. The van der Waals surface area contributed by atoms with Crippen molar-refractivity contribution in [2.45, 2.75) is 19.4 Å². The largest absolute Gasteiger partial charge is 0.496 e. The first-order chi connectivity index (χ1) is 16.4. The zero-order valence-electron chi connectivity index (χ0n) is 19.3. The Kier molecular flexibility index (Phi) is 6.15. The van der Waals surface area contributed by atoms with Crippen molar-refractivity contribution >= 4 is 0 Å². The Bertz CT molecular complexity index is 1370. The first kappa shape index (κ1) is 22.7. The van der Waals surface area contributed by atoms with Gasteiger partial charge in [-0.15, -0.1) is 0 Å². The summed E-state index contributed by atoms with van der Waals surface area (Å²) in [5.41, 5.74) is 8.10. The van der Waals surface area contributed by atoms with Crippen LogP contribution in [0.4, 0.5) is 0 Å². The van der Waals surface area contributed by atoms with E-state index < -0.39 is 5.92 Å². The Labute approximate surface area is 196 Å². The van der Waals surface area contributed by atoms with Crippen LogP contribution >= 0.6 is 0 Å². The number of pyridine rings is 2. The van der Waals surface area contributed by atoms with E-state index >= 15 is 0 Å². The van der Waals surface area contributed by atoms with Crippen LogP contribution in [0.1, 0.15) is 28.4 Å². The molecule has 0 spiro atoms. The fraction of sp³-hybridized carbons (Fsp3) is 0.240. The summed E-state index contributed by atoms with van der Waals surface area (Å²) in [5, 5.41) is 9.98. The molecule has 0 aliphatic carbocycles. The maximum atomic E-state index is 13.9. The minimum atomic E-state index is -0.841. The molecule has 1 aromatic carbocycles. The Balaban J connectivity index is 1.99. The summed E-state index contributed by atoms with van der Waals surface area (Å²) in [6.45, 7) is 2.06. The summed E-state index contributed by atoms with van der Waals surface area (Å²) < 4.78 is 23.8. The van der Waals surface area contributed by atoms with E-state index in [4.69, 9.17) is 24.7 Å². The molecule has 3 aromatic rings. The zero-order chi connectivity index (χ0) is 24.4. The maximum Gasteiger partial charge on any atom is 0.259 e. The van der Waals surface area contributed by atoms with Gasteiger partial charge >= 0.3 is 0 Å². The molecule has 1 aliphatic heterocycles. The second kappa shape index (κ2) is 9.19. The Morgan fingerprint density at radius 3 is 2.44 bits per heavy atom. The number of fused-ring (bicyclic) bond motifs is 1. The molecule has 3 heterocycles. The molecule has 0 bridgehead atoms. The van der Waals surface area contributed by atoms with E-state index in [-0.39, 0.29) is 34.9 Å². The van der Waals surface area contributed by atoms with Crippen molar-refractivity contribution in [1.82, 2.24) is 9.55 Å². The van der Waals surface area contributed by atoms with Crippen LogP contribution in [0.25, 0.3) is 0 Å².